The molecule has 76 valence electrons. The normalized spacial score (nSPS) is 17.4. The Morgan fingerprint density at radius 1 is 1.36 bits per heavy atom. The first-order valence-electron chi connectivity index (χ1n) is 4.82. The smallest absolute Gasteiger partial charge is 0.143 e. The molecule has 3 heteroatoms. The Bertz CT molecular complexity index is 330. The summed E-state index contributed by atoms with van der Waals surface area (Å²) in [6.45, 7) is 5.41. The van der Waals surface area contributed by atoms with Crippen molar-refractivity contribution in [2.45, 2.75) is 26.1 Å². The summed E-state index contributed by atoms with van der Waals surface area (Å²) in [7, 11) is 0. The van der Waals surface area contributed by atoms with Crippen LogP contribution in [0.3, 0.4) is 0 Å². The average Bonchev–Trinajstić information content (AvgIpc) is 2.16. The molecule has 0 aliphatic carbocycles. The minimum Gasteiger partial charge on any atom is -0.478 e. The molecule has 0 radical (unpaired) electrons. The minimum absolute atomic E-state index is 0.326. The van der Waals surface area contributed by atoms with Crippen molar-refractivity contribution in [3.63, 3.8) is 0 Å². The Morgan fingerprint density at radius 3 is 2.79 bits per heavy atom. The molecule has 0 fully saturated rings. The Hall–Kier alpha value is -1.06. The van der Waals surface area contributed by atoms with Crippen LogP contribution in [-0.4, -0.2) is 17.3 Å². The molecule has 0 atom stereocenters. The van der Waals surface area contributed by atoms with Gasteiger partial charge in [0.05, 0.1) is 5.66 Å². The predicted molar refractivity (Wildman–Crippen MR) is 55.7 cm³/mol. The van der Waals surface area contributed by atoms with E-state index in [9.17, 15) is 0 Å². The fourth-order valence-corrected chi connectivity index (χ4v) is 1.54. The third-order valence-electron chi connectivity index (χ3n) is 2.52. The van der Waals surface area contributed by atoms with Crippen molar-refractivity contribution < 1.29 is 4.74 Å². The number of hydrogen-bond acceptors (Lipinski definition) is 3. The molecule has 2 N–H and O–H groups in total. The van der Waals surface area contributed by atoms with E-state index in [4.69, 9.17) is 10.5 Å². The highest BCUT2D eigenvalue weighted by atomic mass is 16.5. The van der Waals surface area contributed by atoms with Gasteiger partial charge < -0.3 is 10.5 Å². The summed E-state index contributed by atoms with van der Waals surface area (Å²) >= 11 is 0. The van der Waals surface area contributed by atoms with E-state index < -0.39 is 0 Å². The van der Waals surface area contributed by atoms with E-state index in [0.717, 1.165) is 12.3 Å². The Labute approximate surface area is 84.5 Å². The first-order chi connectivity index (χ1) is 6.57. The molecule has 0 spiro atoms. The van der Waals surface area contributed by atoms with Crippen molar-refractivity contribution >= 4 is 0 Å². The molecule has 1 aromatic carbocycles. The summed E-state index contributed by atoms with van der Waals surface area (Å²) in [4.78, 5) is 2.11. The second-order valence-corrected chi connectivity index (χ2v) is 4.23. The number of hydrogen-bond donors (Lipinski definition) is 1. The van der Waals surface area contributed by atoms with Crippen molar-refractivity contribution in [1.29, 1.82) is 0 Å². The largest absolute Gasteiger partial charge is 0.478 e. The van der Waals surface area contributed by atoms with E-state index in [-0.39, 0.29) is 5.66 Å². The zero-order chi connectivity index (χ0) is 10.2. The van der Waals surface area contributed by atoms with Crippen LogP contribution in [0.25, 0.3) is 0 Å². The molecule has 14 heavy (non-hydrogen) atoms. The predicted octanol–water partition coefficient (Wildman–Crippen LogP) is 1.53. The van der Waals surface area contributed by atoms with E-state index in [1.165, 1.54) is 5.56 Å². The maximum absolute atomic E-state index is 6.01. The van der Waals surface area contributed by atoms with Crippen molar-refractivity contribution in [1.82, 2.24) is 4.90 Å². The molecular weight excluding hydrogens is 176 g/mol. The van der Waals surface area contributed by atoms with Crippen LogP contribution in [0.4, 0.5) is 0 Å². The summed E-state index contributed by atoms with van der Waals surface area (Å²) in [6, 6.07) is 8.08. The summed E-state index contributed by atoms with van der Waals surface area (Å²) in [5.41, 5.74) is 6.89. The average molecular weight is 192 g/mol. The zero-order valence-corrected chi connectivity index (χ0v) is 8.66. The molecule has 0 unspecified atom stereocenters. The number of fused-ring (bicyclic) bond motifs is 1. The maximum Gasteiger partial charge on any atom is 0.143 e. The maximum atomic E-state index is 6.01. The standard InChI is InChI=1S/C11H16N2O/c1-11(2,12)13-7-9-5-3-4-6-10(9)14-8-13/h3-6H,7-8,12H2,1-2H3. The van der Waals surface area contributed by atoms with Crippen molar-refractivity contribution in [2.75, 3.05) is 6.73 Å². The van der Waals surface area contributed by atoms with E-state index in [2.05, 4.69) is 11.0 Å². The summed E-state index contributed by atoms with van der Waals surface area (Å²) in [5, 5.41) is 0. The van der Waals surface area contributed by atoms with Crippen LogP contribution in [0, 0.1) is 0 Å². The van der Waals surface area contributed by atoms with Crippen LogP contribution in [0.2, 0.25) is 0 Å². The number of nitrogens with zero attached hydrogens (tertiary/aromatic N) is 1. The lowest BCUT2D eigenvalue weighted by molar-refractivity contribution is 0.0155. The van der Waals surface area contributed by atoms with Gasteiger partial charge in [0.15, 0.2) is 0 Å². The van der Waals surface area contributed by atoms with Gasteiger partial charge in [0, 0.05) is 12.1 Å². The van der Waals surface area contributed by atoms with Crippen molar-refractivity contribution in [3.05, 3.63) is 29.8 Å². The van der Waals surface area contributed by atoms with Crippen LogP contribution in [0.15, 0.2) is 24.3 Å². The number of benzene rings is 1. The second-order valence-electron chi connectivity index (χ2n) is 4.23. The van der Waals surface area contributed by atoms with Gasteiger partial charge in [-0.3, -0.25) is 0 Å². The molecule has 0 amide bonds. The summed E-state index contributed by atoms with van der Waals surface area (Å²) in [5.74, 6) is 0.980. The molecule has 0 aromatic heterocycles. The van der Waals surface area contributed by atoms with E-state index >= 15 is 0 Å². The first kappa shape index (κ1) is 9.49. The fraction of sp³-hybridized carbons (Fsp3) is 0.455. The Balaban J connectivity index is 2.22. The van der Waals surface area contributed by atoms with E-state index in [0.29, 0.717) is 6.73 Å². The molecule has 3 nitrogen and oxygen atoms in total. The first-order valence-corrected chi connectivity index (χ1v) is 4.82. The van der Waals surface area contributed by atoms with Crippen molar-refractivity contribution in [3.8, 4) is 5.75 Å². The van der Waals surface area contributed by atoms with Gasteiger partial charge in [0.2, 0.25) is 0 Å². The molecule has 1 aliphatic rings. The van der Waals surface area contributed by atoms with Gasteiger partial charge in [0.25, 0.3) is 0 Å². The molecule has 1 aliphatic heterocycles. The van der Waals surface area contributed by atoms with Gasteiger partial charge >= 0.3 is 0 Å². The summed E-state index contributed by atoms with van der Waals surface area (Å²) in [6.07, 6.45) is 0. The molecule has 0 bridgehead atoms. The van der Waals surface area contributed by atoms with Gasteiger partial charge in [-0.25, -0.2) is 4.90 Å². The molecular formula is C11H16N2O. The minimum atomic E-state index is -0.326. The highest BCUT2D eigenvalue weighted by molar-refractivity contribution is 5.34. The lowest BCUT2D eigenvalue weighted by Gasteiger charge is -2.38. The van der Waals surface area contributed by atoms with Crippen LogP contribution in [0.5, 0.6) is 5.75 Å². The third-order valence-corrected chi connectivity index (χ3v) is 2.52. The fourth-order valence-electron chi connectivity index (χ4n) is 1.54. The van der Waals surface area contributed by atoms with E-state index in [1.807, 2.05) is 32.0 Å². The van der Waals surface area contributed by atoms with Crippen LogP contribution >= 0.6 is 0 Å². The molecule has 2 rings (SSSR count). The van der Waals surface area contributed by atoms with Crippen LogP contribution in [0.1, 0.15) is 19.4 Å². The molecule has 0 saturated heterocycles. The van der Waals surface area contributed by atoms with Gasteiger partial charge in [-0.2, -0.15) is 0 Å². The third kappa shape index (κ3) is 1.74. The SMILES string of the molecule is CC(C)(N)N1COc2ccccc2C1. The van der Waals surface area contributed by atoms with Crippen LogP contribution in [-0.2, 0) is 6.54 Å². The Morgan fingerprint density at radius 2 is 2.07 bits per heavy atom. The molecule has 1 aromatic rings. The number of rotatable bonds is 1. The highest BCUT2D eigenvalue weighted by Crippen LogP contribution is 2.26. The quantitative estimate of drug-likeness (QED) is 0.733. The summed E-state index contributed by atoms with van der Waals surface area (Å²) < 4.78 is 5.61. The monoisotopic (exact) mass is 192 g/mol. The molecule has 1 heterocycles. The topological polar surface area (TPSA) is 38.5 Å². The number of para-hydroxylation sites is 1. The van der Waals surface area contributed by atoms with Gasteiger partial charge in [-0.1, -0.05) is 18.2 Å². The van der Waals surface area contributed by atoms with Crippen molar-refractivity contribution in [2.24, 2.45) is 5.73 Å². The second kappa shape index (κ2) is 3.26. The van der Waals surface area contributed by atoms with Gasteiger partial charge in [-0.15, -0.1) is 0 Å². The lowest BCUT2D eigenvalue weighted by Crippen LogP contribution is -2.53. The van der Waals surface area contributed by atoms with E-state index in [1.54, 1.807) is 0 Å². The number of nitrogens with two attached hydrogens (primary N) is 1. The number of ether oxygens (including phenoxy) is 1. The van der Waals surface area contributed by atoms with Crippen LogP contribution < -0.4 is 10.5 Å². The highest BCUT2D eigenvalue weighted by Gasteiger charge is 2.26. The van der Waals surface area contributed by atoms with Gasteiger partial charge in [0.1, 0.15) is 12.5 Å². The zero-order valence-electron chi connectivity index (χ0n) is 8.66. The van der Waals surface area contributed by atoms with Gasteiger partial charge in [-0.05, 0) is 19.9 Å². The lowest BCUT2D eigenvalue weighted by atomic mass is 10.1. The Kier molecular flexibility index (Phi) is 2.21. The molecule has 0 saturated carbocycles.